The van der Waals surface area contributed by atoms with E-state index in [2.05, 4.69) is 0 Å². The molecule has 0 saturated heterocycles. The minimum Gasteiger partial charge on any atom is -0.394 e. The Hall–Kier alpha value is -1.96. The van der Waals surface area contributed by atoms with Gasteiger partial charge in [0, 0.05) is 0 Å². The van der Waals surface area contributed by atoms with E-state index in [-0.39, 0.29) is 13.2 Å². The maximum absolute atomic E-state index is 8.63. The summed E-state index contributed by atoms with van der Waals surface area (Å²) in [6, 6.07) is 0. The molecule has 0 unspecified atom stereocenters. The zero-order chi connectivity index (χ0) is 103. The lowest BCUT2D eigenvalue weighted by molar-refractivity contribution is -0.0330. The summed E-state index contributed by atoms with van der Waals surface area (Å²) in [5.74, 6) is 0. The van der Waals surface area contributed by atoms with Crippen LogP contribution in [0.15, 0.2) is 0 Å². The van der Waals surface area contributed by atoms with Crippen LogP contribution in [0.1, 0.15) is 0 Å². The summed E-state index contributed by atoms with van der Waals surface area (Å²) in [5.41, 5.74) is 0. The van der Waals surface area contributed by atoms with Crippen LogP contribution in [0.25, 0.3) is 0 Å². The van der Waals surface area contributed by atoms with Crippen molar-refractivity contribution in [3.8, 4) is 0 Å². The van der Waals surface area contributed by atoms with Crippen LogP contribution in [-0.2, 0) is 223 Å². The Balaban J connectivity index is 3.11. The van der Waals surface area contributed by atoms with Gasteiger partial charge in [0.25, 0.3) is 0 Å². The molecule has 0 heterocycles. The summed E-state index contributed by atoms with van der Waals surface area (Å²) in [6.07, 6.45) is 0. The quantitative estimate of drug-likeness (QED) is 0.0742. The maximum atomic E-state index is 8.63. The van der Waals surface area contributed by atoms with Gasteiger partial charge in [-0.2, -0.15) is 0 Å². The van der Waals surface area contributed by atoms with Crippen molar-refractivity contribution in [1.82, 2.24) is 0 Å². The van der Waals surface area contributed by atoms with Crippen LogP contribution in [0.5, 0.6) is 0 Å². The first-order chi connectivity index (χ1) is 72.4. The predicted molar refractivity (Wildman–Crippen MR) is 523 cm³/mol. The van der Waals surface area contributed by atoms with E-state index in [1.165, 1.54) is 0 Å². The lowest BCUT2D eigenvalue weighted by atomic mass is 10.6. The van der Waals surface area contributed by atoms with E-state index in [1.807, 2.05) is 0 Å². The summed E-state index contributed by atoms with van der Waals surface area (Å²) < 4.78 is 259. The van der Waals surface area contributed by atoms with Gasteiger partial charge in [-0.25, -0.2) is 0 Å². The molecule has 0 bridgehead atoms. The van der Waals surface area contributed by atoms with Gasteiger partial charge in [0.15, 0.2) is 0 Å². The second-order valence-electron chi connectivity index (χ2n) is 29.2. The topological polar surface area (TPSA) is 474 Å². The molecule has 145 heavy (non-hydrogen) atoms. The van der Waals surface area contributed by atoms with Gasteiger partial charge in [-0.05, 0) is 0 Å². The van der Waals surface area contributed by atoms with Crippen molar-refractivity contribution in [1.29, 1.82) is 0 Å². The van der Waals surface area contributed by atoms with Crippen molar-refractivity contribution >= 4 is 0 Å². The minimum absolute atomic E-state index is 0.0139. The molecule has 0 amide bonds. The third-order valence-corrected chi connectivity index (χ3v) is 17.6. The molecule has 0 aromatic carbocycles. The predicted octanol–water partition coefficient (Wildman–Crippen LogP) is -0.249. The van der Waals surface area contributed by atoms with Crippen LogP contribution in [0.3, 0.4) is 0 Å². The lowest BCUT2D eigenvalue weighted by Crippen LogP contribution is -2.16. The Morgan fingerprint density at radius 1 is 0.0483 bits per heavy atom. The van der Waals surface area contributed by atoms with Crippen LogP contribution in [-0.4, -0.2) is 644 Å². The maximum Gasteiger partial charge on any atom is 0.0701 e. The van der Waals surface area contributed by atoms with E-state index in [0.29, 0.717) is 621 Å². The molecule has 0 radical (unpaired) electrons. The van der Waals surface area contributed by atoms with Crippen molar-refractivity contribution in [2.45, 2.75) is 0 Å². The third-order valence-electron chi connectivity index (χ3n) is 17.6. The second-order valence-corrected chi connectivity index (χ2v) is 29.2. The molecule has 0 aliphatic heterocycles. The van der Waals surface area contributed by atoms with Crippen molar-refractivity contribution in [3.63, 3.8) is 0 Å². The van der Waals surface area contributed by atoms with Crippen molar-refractivity contribution in [3.05, 3.63) is 0 Å². The molecule has 49 nitrogen and oxygen atoms in total. The fourth-order valence-corrected chi connectivity index (χ4v) is 10.3. The Labute approximate surface area is 863 Å². The van der Waals surface area contributed by atoms with Gasteiger partial charge >= 0.3 is 0 Å². The molecular weight excluding hydrogens is 1940 g/mol. The number of rotatable bonds is 142. The summed E-state index contributed by atoms with van der Waals surface area (Å²) in [7, 11) is 0. The molecule has 2 N–H and O–H groups in total. The van der Waals surface area contributed by atoms with E-state index in [1.54, 1.807) is 0 Å². The van der Waals surface area contributed by atoms with E-state index in [4.69, 9.17) is 233 Å². The number of ether oxygens (including phenoxy) is 47. The molecule has 49 heteroatoms. The van der Waals surface area contributed by atoms with Crippen molar-refractivity contribution < 1.29 is 233 Å². The highest BCUT2D eigenvalue weighted by molar-refractivity contribution is 4.50. The summed E-state index contributed by atoms with van der Waals surface area (Å²) >= 11 is 0. The molecule has 0 spiro atoms. The Kier molecular flexibility index (Phi) is 140. The van der Waals surface area contributed by atoms with Gasteiger partial charge in [-0.3, -0.25) is 0 Å². The fraction of sp³-hybridized carbons (Fsp3) is 1.00. The van der Waals surface area contributed by atoms with Gasteiger partial charge in [0.1, 0.15) is 0 Å². The van der Waals surface area contributed by atoms with E-state index in [0.717, 1.165) is 0 Å². The molecule has 0 atom stereocenters. The van der Waals surface area contributed by atoms with Gasteiger partial charge in [-0.1, -0.05) is 0 Å². The first-order valence-corrected chi connectivity index (χ1v) is 51.8. The Morgan fingerprint density at radius 2 is 0.0759 bits per heavy atom. The minimum atomic E-state index is 0.0139. The molecule has 0 aliphatic rings. The Bertz CT molecular complexity index is 1840. The highest BCUT2D eigenvalue weighted by Gasteiger charge is 2.07. The van der Waals surface area contributed by atoms with Gasteiger partial charge in [0.2, 0.25) is 0 Å². The zero-order valence-corrected chi connectivity index (χ0v) is 88.0. The average molecular weight is 2130 g/mol. The highest BCUT2D eigenvalue weighted by atomic mass is 16.7. The van der Waals surface area contributed by atoms with Gasteiger partial charge in [0.05, 0.1) is 634 Å². The van der Waals surface area contributed by atoms with Gasteiger partial charge in [-0.15, -0.1) is 0 Å². The van der Waals surface area contributed by atoms with E-state index in [9.17, 15) is 0 Å². The van der Waals surface area contributed by atoms with E-state index >= 15 is 0 Å². The lowest BCUT2D eigenvalue weighted by Gasteiger charge is -2.09. The van der Waals surface area contributed by atoms with E-state index < -0.39 is 0 Å². The molecule has 0 aliphatic carbocycles. The van der Waals surface area contributed by atoms with Gasteiger partial charge < -0.3 is 233 Å². The Morgan fingerprint density at radius 3 is 0.103 bits per heavy atom. The molecular formula is C96H194O49. The highest BCUT2D eigenvalue weighted by Crippen LogP contribution is 1.98. The number of aliphatic hydroxyl groups excluding tert-OH is 2. The van der Waals surface area contributed by atoms with Crippen LogP contribution in [0.2, 0.25) is 0 Å². The molecule has 0 rings (SSSR count). The summed E-state index contributed by atoms with van der Waals surface area (Å²) in [5, 5.41) is 17.3. The third kappa shape index (κ3) is 142. The molecule has 0 aromatic rings. The van der Waals surface area contributed by atoms with Crippen LogP contribution in [0.4, 0.5) is 0 Å². The fourth-order valence-electron chi connectivity index (χ4n) is 10.3. The van der Waals surface area contributed by atoms with Crippen molar-refractivity contribution in [2.24, 2.45) is 0 Å². The second kappa shape index (κ2) is 142. The molecule has 0 fully saturated rings. The normalized spacial score (nSPS) is 11.9. The zero-order valence-electron chi connectivity index (χ0n) is 88.0. The van der Waals surface area contributed by atoms with Crippen LogP contribution >= 0.6 is 0 Å². The number of aliphatic hydroxyl groups is 2. The first-order valence-electron chi connectivity index (χ1n) is 51.8. The molecule has 0 saturated carbocycles. The van der Waals surface area contributed by atoms with Crippen LogP contribution < -0.4 is 0 Å². The van der Waals surface area contributed by atoms with Crippen LogP contribution in [0, 0.1) is 0 Å². The molecule has 0 aromatic heterocycles. The molecule has 872 valence electrons. The SMILES string of the molecule is OCCOCCOCCOCCOCCOCCOCCOCCOCCOCCOCCOCCOCCOCCOCCOCCOCCOCCOCCOCCOCCOCCOCCOCCOCCOCCOCCOCCOCCOCCOCCOCCOCCOCCOCCOCCOCCOCCOCCOCCOCCOCCOCCOCCOCCOCCOCCOCCO. The number of hydrogen-bond acceptors (Lipinski definition) is 49. The first kappa shape index (κ1) is 143. The summed E-state index contributed by atoms with van der Waals surface area (Å²) in [4.78, 5) is 0. The average Bonchev–Trinajstić information content (AvgIpc) is 1.11. The largest absolute Gasteiger partial charge is 0.394 e. The standard InChI is InChI=1S/C96H194O49/c97-1-3-99-5-7-101-9-11-103-13-15-105-17-19-107-21-23-109-25-27-111-29-31-113-33-35-115-37-39-117-41-43-119-45-47-121-49-51-123-53-55-125-57-59-127-61-63-129-65-67-131-69-71-133-73-75-135-77-79-137-81-83-139-85-87-141-89-91-143-93-95-145-96-94-144-92-90-142-88-86-140-84-82-138-80-78-136-76-74-134-72-70-132-68-66-130-64-62-128-60-58-126-56-54-124-52-50-122-48-46-120-44-42-118-40-38-116-36-34-114-32-30-112-28-26-110-24-22-108-20-18-106-16-14-104-12-10-102-8-6-100-4-2-98/h97-98H,1-96H2. The van der Waals surface area contributed by atoms with Crippen molar-refractivity contribution in [2.75, 3.05) is 634 Å². The smallest absolute Gasteiger partial charge is 0.0701 e. The summed E-state index contributed by atoms with van der Waals surface area (Å²) in [6.45, 7) is 44.5. The number of hydrogen-bond donors (Lipinski definition) is 2. The monoisotopic (exact) mass is 2130 g/mol.